The lowest BCUT2D eigenvalue weighted by Gasteiger charge is -2.13. The van der Waals surface area contributed by atoms with E-state index in [9.17, 15) is 13.2 Å². The smallest absolute Gasteiger partial charge is 0.257 e. The average Bonchev–Trinajstić information content (AvgIpc) is 3.26. The number of carbonyl (C=O) groups excluding carboxylic acids is 1. The number of sulfonamides is 1. The van der Waals surface area contributed by atoms with E-state index in [1.807, 2.05) is 13.8 Å². The van der Waals surface area contributed by atoms with Crippen molar-refractivity contribution < 1.29 is 22.7 Å². The molecular formula is C22H27N3O5S2. The second kappa shape index (κ2) is 10.9. The summed E-state index contributed by atoms with van der Waals surface area (Å²) in [6, 6.07) is 12.8. The van der Waals surface area contributed by atoms with E-state index in [0.29, 0.717) is 23.6 Å². The maximum atomic E-state index is 12.4. The Morgan fingerprint density at radius 3 is 2.44 bits per heavy atom. The van der Waals surface area contributed by atoms with Gasteiger partial charge in [-0.25, -0.2) is 13.1 Å². The molecule has 0 saturated carbocycles. The Bertz CT molecular complexity index is 1030. The molecule has 0 aliphatic carbocycles. The van der Waals surface area contributed by atoms with E-state index in [0.717, 1.165) is 12.8 Å². The summed E-state index contributed by atoms with van der Waals surface area (Å²) >= 11 is 5.19. The van der Waals surface area contributed by atoms with E-state index in [4.69, 9.17) is 21.7 Å². The van der Waals surface area contributed by atoms with E-state index in [1.165, 1.54) is 12.1 Å². The molecular weight excluding hydrogens is 450 g/mol. The molecule has 0 spiro atoms. The van der Waals surface area contributed by atoms with Gasteiger partial charge >= 0.3 is 0 Å². The fourth-order valence-corrected chi connectivity index (χ4v) is 4.38. The predicted octanol–water partition coefficient (Wildman–Crippen LogP) is 3.06. The minimum Gasteiger partial charge on any atom is -0.491 e. The Labute approximate surface area is 193 Å². The first-order valence-corrected chi connectivity index (χ1v) is 12.2. The number of thiocarbonyl (C=S) groups is 1. The van der Waals surface area contributed by atoms with Crippen LogP contribution in [0.4, 0.5) is 5.69 Å². The van der Waals surface area contributed by atoms with Crippen LogP contribution in [0, 0.1) is 0 Å². The number of nitrogens with one attached hydrogen (secondary N) is 3. The summed E-state index contributed by atoms with van der Waals surface area (Å²) in [6.45, 7) is 4.77. The van der Waals surface area contributed by atoms with Gasteiger partial charge in [0, 0.05) is 24.4 Å². The minimum absolute atomic E-state index is 0.0462. The summed E-state index contributed by atoms with van der Waals surface area (Å²) in [5.41, 5.74) is 0.984. The molecule has 3 rings (SSSR count). The lowest BCUT2D eigenvalue weighted by molar-refractivity contribution is 0.0977. The highest BCUT2D eigenvalue weighted by molar-refractivity contribution is 7.89. The normalized spacial score (nSPS) is 16.0. The molecule has 0 bridgehead atoms. The Balaban J connectivity index is 1.52. The number of amides is 1. The van der Waals surface area contributed by atoms with E-state index < -0.39 is 10.0 Å². The lowest BCUT2D eigenvalue weighted by Crippen LogP contribution is -2.34. The van der Waals surface area contributed by atoms with Gasteiger partial charge in [0.2, 0.25) is 10.0 Å². The van der Waals surface area contributed by atoms with Crippen molar-refractivity contribution in [3.8, 4) is 5.75 Å². The number of anilines is 1. The van der Waals surface area contributed by atoms with Crippen molar-refractivity contribution in [2.45, 2.75) is 43.8 Å². The first-order valence-electron chi connectivity index (χ1n) is 10.3. The molecule has 172 valence electrons. The molecule has 1 heterocycles. The van der Waals surface area contributed by atoms with Gasteiger partial charge < -0.3 is 14.8 Å². The summed E-state index contributed by atoms with van der Waals surface area (Å²) in [7, 11) is -3.63. The summed E-state index contributed by atoms with van der Waals surface area (Å²) in [4.78, 5) is 12.5. The van der Waals surface area contributed by atoms with Crippen LogP contribution in [0.5, 0.6) is 5.75 Å². The molecule has 3 N–H and O–H groups in total. The van der Waals surface area contributed by atoms with Gasteiger partial charge in [0.25, 0.3) is 5.91 Å². The first kappa shape index (κ1) is 24.1. The second-order valence-corrected chi connectivity index (χ2v) is 9.79. The Kier molecular flexibility index (Phi) is 8.19. The molecule has 2 aromatic rings. The standard InChI is InChI=1S/C22H27N3O5S2/c1-15(2)30-18-9-5-16(6-10-18)21(26)25-22(31)24-17-7-11-20(12-8-17)32(27,28)23-14-19-4-3-13-29-19/h5-12,15,19,23H,3-4,13-14H2,1-2H3,(H2,24,25,26,31). The zero-order valence-electron chi connectivity index (χ0n) is 18.0. The average molecular weight is 478 g/mol. The van der Waals surface area contributed by atoms with Gasteiger partial charge in [-0.3, -0.25) is 10.1 Å². The van der Waals surface area contributed by atoms with Crippen LogP contribution in [-0.4, -0.2) is 44.8 Å². The Morgan fingerprint density at radius 1 is 1.16 bits per heavy atom. The highest BCUT2D eigenvalue weighted by atomic mass is 32.2. The molecule has 1 amide bonds. The zero-order valence-corrected chi connectivity index (χ0v) is 19.6. The van der Waals surface area contributed by atoms with Crippen LogP contribution in [0.15, 0.2) is 53.4 Å². The summed E-state index contributed by atoms with van der Waals surface area (Å²) < 4.78 is 38.4. The van der Waals surface area contributed by atoms with Crippen molar-refractivity contribution in [1.29, 1.82) is 0 Å². The van der Waals surface area contributed by atoms with Crippen LogP contribution in [-0.2, 0) is 14.8 Å². The third kappa shape index (κ3) is 6.99. The molecule has 1 saturated heterocycles. The molecule has 32 heavy (non-hydrogen) atoms. The molecule has 8 nitrogen and oxygen atoms in total. The maximum absolute atomic E-state index is 12.4. The molecule has 1 unspecified atom stereocenters. The number of hydrogen-bond acceptors (Lipinski definition) is 6. The fourth-order valence-electron chi connectivity index (χ4n) is 3.10. The quantitative estimate of drug-likeness (QED) is 0.502. The monoisotopic (exact) mass is 477 g/mol. The van der Waals surface area contributed by atoms with Crippen molar-refractivity contribution in [1.82, 2.24) is 10.0 Å². The van der Waals surface area contributed by atoms with Gasteiger partial charge in [-0.05, 0) is 87.4 Å². The van der Waals surface area contributed by atoms with Crippen molar-refractivity contribution in [3.05, 3.63) is 54.1 Å². The van der Waals surface area contributed by atoms with E-state index in [-0.39, 0.29) is 34.7 Å². The van der Waals surface area contributed by atoms with Crippen LogP contribution in [0.25, 0.3) is 0 Å². The summed E-state index contributed by atoms with van der Waals surface area (Å²) in [5, 5.41) is 5.57. The molecule has 1 atom stereocenters. The number of ether oxygens (including phenoxy) is 2. The molecule has 0 radical (unpaired) electrons. The molecule has 2 aromatic carbocycles. The van der Waals surface area contributed by atoms with Crippen molar-refractivity contribution in [3.63, 3.8) is 0 Å². The topological polar surface area (TPSA) is 106 Å². The minimum atomic E-state index is -3.63. The van der Waals surface area contributed by atoms with Crippen LogP contribution in [0.1, 0.15) is 37.0 Å². The van der Waals surface area contributed by atoms with E-state index in [2.05, 4.69) is 15.4 Å². The summed E-state index contributed by atoms with van der Waals surface area (Å²) in [6.07, 6.45) is 1.77. The third-order valence-electron chi connectivity index (χ3n) is 4.66. The number of hydrogen-bond donors (Lipinski definition) is 3. The highest BCUT2D eigenvalue weighted by Crippen LogP contribution is 2.16. The van der Waals surface area contributed by atoms with Crippen molar-refractivity contribution in [2.75, 3.05) is 18.5 Å². The van der Waals surface area contributed by atoms with Crippen molar-refractivity contribution in [2.24, 2.45) is 0 Å². The van der Waals surface area contributed by atoms with Gasteiger partial charge in [-0.15, -0.1) is 0 Å². The molecule has 1 fully saturated rings. The Morgan fingerprint density at radius 2 is 1.84 bits per heavy atom. The fraction of sp³-hybridized carbons (Fsp3) is 0.364. The SMILES string of the molecule is CC(C)Oc1ccc(C(=O)NC(=S)Nc2ccc(S(=O)(=O)NCC3CCCO3)cc2)cc1. The predicted molar refractivity (Wildman–Crippen MR) is 126 cm³/mol. The number of rotatable bonds is 8. The molecule has 0 aromatic heterocycles. The van der Waals surface area contributed by atoms with Gasteiger partial charge in [-0.2, -0.15) is 0 Å². The number of carbonyl (C=O) groups is 1. The van der Waals surface area contributed by atoms with Gasteiger partial charge in [0.05, 0.1) is 17.1 Å². The highest BCUT2D eigenvalue weighted by Gasteiger charge is 2.20. The summed E-state index contributed by atoms with van der Waals surface area (Å²) in [5.74, 6) is 0.314. The largest absolute Gasteiger partial charge is 0.491 e. The van der Waals surface area contributed by atoms with Crippen LogP contribution in [0.3, 0.4) is 0 Å². The van der Waals surface area contributed by atoms with Gasteiger partial charge in [0.15, 0.2) is 5.11 Å². The van der Waals surface area contributed by atoms with Gasteiger partial charge in [0.1, 0.15) is 5.75 Å². The van der Waals surface area contributed by atoms with Crippen LogP contribution < -0.4 is 20.1 Å². The van der Waals surface area contributed by atoms with E-state index in [1.54, 1.807) is 36.4 Å². The van der Waals surface area contributed by atoms with Gasteiger partial charge in [-0.1, -0.05) is 0 Å². The Hall–Kier alpha value is -2.53. The third-order valence-corrected chi connectivity index (χ3v) is 6.31. The molecule has 1 aliphatic heterocycles. The maximum Gasteiger partial charge on any atom is 0.257 e. The molecule has 1 aliphatic rings. The van der Waals surface area contributed by atoms with E-state index >= 15 is 0 Å². The van der Waals surface area contributed by atoms with Crippen LogP contribution in [0.2, 0.25) is 0 Å². The molecule has 10 heteroatoms. The lowest BCUT2D eigenvalue weighted by atomic mass is 10.2. The second-order valence-electron chi connectivity index (χ2n) is 7.61. The number of benzene rings is 2. The zero-order chi connectivity index (χ0) is 23.1. The van der Waals surface area contributed by atoms with Crippen LogP contribution >= 0.6 is 12.2 Å². The first-order chi connectivity index (χ1) is 15.2. The van der Waals surface area contributed by atoms with Crippen molar-refractivity contribution >= 4 is 38.9 Å².